The molecule has 1 heterocycles. The predicted molar refractivity (Wildman–Crippen MR) is 99.2 cm³/mol. The molecule has 1 aliphatic rings. The standard InChI is InChI=1S/C20H20N2O4S/c21-11-12-26-20(23)19-13-18(27(24,25)17-9-5-2-6-10-17)15-22(19)14-16-7-3-1-4-8-16/h1-10,18-19H,12-15H2. The van der Waals surface area contributed by atoms with Crippen LogP contribution in [0.15, 0.2) is 65.6 Å². The fourth-order valence-electron chi connectivity index (χ4n) is 3.33. The topological polar surface area (TPSA) is 87.5 Å². The minimum atomic E-state index is -3.57. The van der Waals surface area contributed by atoms with E-state index in [1.807, 2.05) is 35.2 Å². The van der Waals surface area contributed by atoms with Crippen LogP contribution in [-0.4, -0.2) is 43.7 Å². The van der Waals surface area contributed by atoms with Gasteiger partial charge in [-0.1, -0.05) is 48.5 Å². The van der Waals surface area contributed by atoms with Crippen LogP contribution >= 0.6 is 0 Å². The highest BCUT2D eigenvalue weighted by Crippen LogP contribution is 2.30. The molecule has 1 aliphatic heterocycles. The highest BCUT2D eigenvalue weighted by atomic mass is 32.2. The zero-order valence-corrected chi connectivity index (χ0v) is 15.5. The molecule has 1 saturated heterocycles. The highest BCUT2D eigenvalue weighted by molar-refractivity contribution is 7.92. The van der Waals surface area contributed by atoms with E-state index in [0.29, 0.717) is 6.54 Å². The number of likely N-dealkylation sites (tertiary alicyclic amines) is 1. The van der Waals surface area contributed by atoms with Crippen LogP contribution in [0.5, 0.6) is 0 Å². The molecular formula is C20H20N2O4S. The first-order valence-corrected chi connectivity index (χ1v) is 10.2. The Morgan fingerprint density at radius 3 is 2.37 bits per heavy atom. The maximum absolute atomic E-state index is 13.0. The zero-order valence-electron chi connectivity index (χ0n) is 14.7. The van der Waals surface area contributed by atoms with Gasteiger partial charge in [0, 0.05) is 13.1 Å². The summed E-state index contributed by atoms with van der Waals surface area (Å²) in [6.45, 7) is 0.330. The second kappa shape index (κ2) is 8.33. The van der Waals surface area contributed by atoms with Crippen molar-refractivity contribution in [2.75, 3.05) is 13.2 Å². The molecule has 2 atom stereocenters. The average Bonchev–Trinajstić information content (AvgIpc) is 3.12. The highest BCUT2D eigenvalue weighted by Gasteiger charge is 2.43. The molecule has 0 bridgehead atoms. The fraction of sp³-hybridized carbons (Fsp3) is 0.300. The Morgan fingerprint density at radius 2 is 1.74 bits per heavy atom. The van der Waals surface area contributed by atoms with Gasteiger partial charge < -0.3 is 4.74 Å². The van der Waals surface area contributed by atoms with Crippen LogP contribution in [0.1, 0.15) is 12.0 Å². The lowest BCUT2D eigenvalue weighted by molar-refractivity contribution is -0.147. The molecule has 2 unspecified atom stereocenters. The third kappa shape index (κ3) is 4.35. The van der Waals surface area contributed by atoms with E-state index in [1.165, 1.54) is 0 Å². The van der Waals surface area contributed by atoms with Crippen molar-refractivity contribution in [1.29, 1.82) is 5.26 Å². The molecule has 3 rings (SSSR count). The van der Waals surface area contributed by atoms with Gasteiger partial charge in [0.1, 0.15) is 12.1 Å². The Labute approximate surface area is 158 Å². The van der Waals surface area contributed by atoms with Crippen molar-refractivity contribution < 1.29 is 17.9 Å². The van der Waals surface area contributed by atoms with Crippen LogP contribution in [0.3, 0.4) is 0 Å². The molecule has 6 nitrogen and oxygen atoms in total. The number of carbonyl (C=O) groups excluding carboxylic acids is 1. The maximum atomic E-state index is 13.0. The van der Waals surface area contributed by atoms with Crippen LogP contribution in [0.25, 0.3) is 0 Å². The van der Waals surface area contributed by atoms with Gasteiger partial charge in [-0.15, -0.1) is 0 Å². The molecule has 140 valence electrons. The van der Waals surface area contributed by atoms with Gasteiger partial charge in [-0.2, -0.15) is 5.26 Å². The molecule has 27 heavy (non-hydrogen) atoms. The molecule has 2 aromatic carbocycles. The fourth-order valence-corrected chi connectivity index (χ4v) is 5.07. The van der Waals surface area contributed by atoms with Crippen molar-refractivity contribution in [2.45, 2.75) is 29.2 Å². The van der Waals surface area contributed by atoms with Crippen molar-refractivity contribution in [3.8, 4) is 6.07 Å². The number of nitriles is 1. The van der Waals surface area contributed by atoms with Gasteiger partial charge in [-0.3, -0.25) is 9.69 Å². The largest absolute Gasteiger partial charge is 0.449 e. The van der Waals surface area contributed by atoms with Gasteiger partial charge in [-0.25, -0.2) is 8.42 Å². The summed E-state index contributed by atoms with van der Waals surface area (Å²) in [5, 5.41) is 7.95. The van der Waals surface area contributed by atoms with Crippen molar-refractivity contribution in [3.63, 3.8) is 0 Å². The third-order valence-corrected chi connectivity index (χ3v) is 6.80. The van der Waals surface area contributed by atoms with Crippen molar-refractivity contribution in [3.05, 3.63) is 66.2 Å². The summed E-state index contributed by atoms with van der Waals surface area (Å²) in [5.41, 5.74) is 0.980. The summed E-state index contributed by atoms with van der Waals surface area (Å²) in [5.74, 6) is -0.557. The molecule has 2 aromatic rings. The SMILES string of the molecule is N#CCOC(=O)C1CC(S(=O)(=O)c2ccccc2)CN1Cc1ccccc1. The van der Waals surface area contributed by atoms with E-state index in [1.54, 1.807) is 36.4 Å². The van der Waals surface area contributed by atoms with Gasteiger partial charge >= 0.3 is 5.97 Å². The summed E-state index contributed by atoms with van der Waals surface area (Å²) < 4.78 is 30.9. The van der Waals surface area contributed by atoms with Crippen molar-refractivity contribution in [2.24, 2.45) is 0 Å². The molecule has 0 aliphatic carbocycles. The quantitative estimate of drug-likeness (QED) is 0.710. The first-order valence-electron chi connectivity index (χ1n) is 8.63. The van der Waals surface area contributed by atoms with Gasteiger partial charge in [0.25, 0.3) is 0 Å². The third-order valence-electron chi connectivity index (χ3n) is 4.66. The van der Waals surface area contributed by atoms with Gasteiger partial charge in [0.15, 0.2) is 16.4 Å². The molecule has 0 aromatic heterocycles. The summed E-state index contributed by atoms with van der Waals surface area (Å²) in [4.78, 5) is 14.5. The number of benzene rings is 2. The van der Waals surface area contributed by atoms with Crippen LogP contribution < -0.4 is 0 Å². The number of esters is 1. The lowest BCUT2D eigenvalue weighted by atomic mass is 10.2. The van der Waals surface area contributed by atoms with Crippen LogP contribution in [0, 0.1) is 11.3 Å². The van der Waals surface area contributed by atoms with E-state index in [0.717, 1.165) is 5.56 Å². The summed E-state index contributed by atoms with van der Waals surface area (Å²) in [6.07, 6.45) is 0.147. The average molecular weight is 384 g/mol. The Kier molecular flexibility index (Phi) is 5.89. The lowest BCUT2D eigenvalue weighted by Gasteiger charge is -2.22. The second-order valence-electron chi connectivity index (χ2n) is 6.41. The number of hydrogen-bond acceptors (Lipinski definition) is 6. The first-order chi connectivity index (χ1) is 13.0. The van der Waals surface area contributed by atoms with Crippen molar-refractivity contribution in [1.82, 2.24) is 4.90 Å². The predicted octanol–water partition coefficient (Wildman–Crippen LogP) is 2.17. The molecular weight excluding hydrogens is 364 g/mol. The number of carbonyl (C=O) groups is 1. The van der Waals surface area contributed by atoms with E-state index >= 15 is 0 Å². The molecule has 0 spiro atoms. The molecule has 1 fully saturated rings. The first kappa shape index (κ1) is 19.1. The molecule has 0 amide bonds. The zero-order chi connectivity index (χ0) is 19.3. The van der Waals surface area contributed by atoms with Crippen LogP contribution in [-0.2, 0) is 25.9 Å². The number of ether oxygens (including phenoxy) is 1. The minimum Gasteiger partial charge on any atom is -0.449 e. The normalized spacial score (nSPS) is 20.1. The monoisotopic (exact) mass is 384 g/mol. The number of hydrogen-bond donors (Lipinski definition) is 0. The minimum absolute atomic E-state index is 0.147. The Hall–Kier alpha value is -2.69. The summed E-state index contributed by atoms with van der Waals surface area (Å²) in [7, 11) is -3.57. The maximum Gasteiger partial charge on any atom is 0.324 e. The van der Waals surface area contributed by atoms with Crippen molar-refractivity contribution >= 4 is 15.8 Å². The van der Waals surface area contributed by atoms with Crippen LogP contribution in [0.4, 0.5) is 0 Å². The van der Waals surface area contributed by atoms with E-state index in [-0.39, 0.29) is 24.5 Å². The van der Waals surface area contributed by atoms with Gasteiger partial charge in [0.05, 0.1) is 10.1 Å². The number of nitrogens with zero attached hydrogens (tertiary/aromatic N) is 2. The van der Waals surface area contributed by atoms with E-state index in [4.69, 9.17) is 10.00 Å². The van der Waals surface area contributed by atoms with Gasteiger partial charge in [-0.05, 0) is 24.1 Å². The summed E-state index contributed by atoms with van der Waals surface area (Å²) >= 11 is 0. The number of sulfone groups is 1. The molecule has 0 radical (unpaired) electrons. The van der Waals surface area contributed by atoms with E-state index in [9.17, 15) is 13.2 Å². The lowest BCUT2D eigenvalue weighted by Crippen LogP contribution is -2.37. The molecule has 0 saturated carbocycles. The van der Waals surface area contributed by atoms with Crippen LogP contribution in [0.2, 0.25) is 0 Å². The molecule has 0 N–H and O–H groups in total. The summed E-state index contributed by atoms with van der Waals surface area (Å²) in [6, 6.07) is 18.9. The smallest absolute Gasteiger partial charge is 0.324 e. The second-order valence-corrected chi connectivity index (χ2v) is 8.64. The van der Waals surface area contributed by atoms with Gasteiger partial charge in [0.2, 0.25) is 0 Å². The van der Waals surface area contributed by atoms with E-state index < -0.39 is 27.1 Å². The Balaban J connectivity index is 1.84. The van der Waals surface area contributed by atoms with E-state index in [2.05, 4.69) is 0 Å². The Morgan fingerprint density at radius 1 is 1.11 bits per heavy atom. The Bertz CT molecular complexity index is 923. The molecule has 7 heteroatoms. The number of rotatable bonds is 6.